The molecule has 21 heavy (non-hydrogen) atoms. The average molecular weight is 285 g/mol. The van der Waals surface area contributed by atoms with E-state index in [0.29, 0.717) is 23.0 Å². The van der Waals surface area contributed by atoms with E-state index in [2.05, 4.69) is 22.7 Å². The van der Waals surface area contributed by atoms with Crippen molar-refractivity contribution in [3.8, 4) is 0 Å². The lowest BCUT2D eigenvalue weighted by atomic mass is 9.74. The molecule has 3 rings (SSSR count). The Balaban J connectivity index is 1.67. The molecular weight excluding hydrogens is 270 g/mol. The predicted molar refractivity (Wildman–Crippen MR) is 78.1 cm³/mol. The number of hydrogen-bond acceptors (Lipinski definition) is 4. The van der Waals surface area contributed by atoms with Crippen LogP contribution in [0.25, 0.3) is 0 Å². The number of aryl methyl sites for hydroxylation is 1. The first kappa shape index (κ1) is 13.5. The summed E-state index contributed by atoms with van der Waals surface area (Å²) in [5.74, 6) is 0.695. The van der Waals surface area contributed by atoms with Gasteiger partial charge in [-0.25, -0.2) is 5.43 Å². The number of carbonyl (C=O) groups excluding carboxylic acids is 1. The molecule has 0 radical (unpaired) electrons. The van der Waals surface area contributed by atoms with Gasteiger partial charge in [0.1, 0.15) is 0 Å². The van der Waals surface area contributed by atoms with Crippen LogP contribution in [0.5, 0.6) is 0 Å². The number of carbonyl (C=O) groups is 1. The number of hydrazone groups is 1. The summed E-state index contributed by atoms with van der Waals surface area (Å²) in [5, 5.41) is 14.9. The second-order valence-corrected chi connectivity index (χ2v) is 5.44. The van der Waals surface area contributed by atoms with Gasteiger partial charge in [0.05, 0.1) is 4.92 Å². The molecule has 1 amide bonds. The third kappa shape index (κ3) is 2.44. The third-order valence-corrected chi connectivity index (χ3v) is 4.12. The van der Waals surface area contributed by atoms with Crippen LogP contribution in [0.3, 0.4) is 0 Å². The normalized spacial score (nSPS) is 24.5. The van der Waals surface area contributed by atoms with E-state index < -0.39 is 4.92 Å². The number of rotatable bonds is 3. The fourth-order valence-electron chi connectivity index (χ4n) is 2.85. The van der Waals surface area contributed by atoms with Gasteiger partial charge in [0.15, 0.2) is 0 Å². The molecule has 0 bridgehead atoms. The van der Waals surface area contributed by atoms with Crippen molar-refractivity contribution >= 4 is 17.3 Å². The topological polar surface area (TPSA) is 84.6 Å². The van der Waals surface area contributed by atoms with Gasteiger partial charge in [-0.2, -0.15) is 5.10 Å². The molecule has 2 aliphatic carbocycles. The van der Waals surface area contributed by atoms with E-state index in [1.165, 1.54) is 18.2 Å². The molecule has 1 fully saturated rings. The van der Waals surface area contributed by atoms with Gasteiger partial charge >= 0.3 is 0 Å². The van der Waals surface area contributed by atoms with Crippen molar-refractivity contribution in [2.45, 2.75) is 19.8 Å². The molecule has 6 heteroatoms. The van der Waals surface area contributed by atoms with E-state index in [-0.39, 0.29) is 11.6 Å². The van der Waals surface area contributed by atoms with Crippen LogP contribution in [0.15, 0.2) is 35.5 Å². The van der Waals surface area contributed by atoms with Crippen LogP contribution in [0.1, 0.15) is 28.8 Å². The molecule has 0 spiro atoms. The molecule has 108 valence electrons. The van der Waals surface area contributed by atoms with Gasteiger partial charge in [-0.15, -0.1) is 0 Å². The number of nitro groups is 1. The number of fused-ring (bicyclic) bond motifs is 1. The maximum absolute atomic E-state index is 12.0. The van der Waals surface area contributed by atoms with Gasteiger partial charge in [0.2, 0.25) is 0 Å². The lowest BCUT2D eigenvalue weighted by Crippen LogP contribution is -2.35. The van der Waals surface area contributed by atoms with Gasteiger partial charge in [-0.05, 0) is 37.8 Å². The molecular formula is C15H15N3O3. The number of nitrogens with zero attached hydrogens (tertiary/aromatic N) is 2. The second-order valence-electron chi connectivity index (χ2n) is 5.44. The lowest BCUT2D eigenvalue weighted by Gasteiger charge is -2.31. The third-order valence-electron chi connectivity index (χ3n) is 4.12. The number of nitro benzene ring substituents is 1. The number of amides is 1. The van der Waals surface area contributed by atoms with Gasteiger partial charge < -0.3 is 0 Å². The Morgan fingerprint density at radius 2 is 2.29 bits per heavy atom. The summed E-state index contributed by atoms with van der Waals surface area (Å²) < 4.78 is 0. The number of nitrogens with one attached hydrogen (secondary N) is 1. The maximum atomic E-state index is 12.0. The van der Waals surface area contributed by atoms with Gasteiger partial charge in [0, 0.05) is 28.8 Å². The highest BCUT2D eigenvalue weighted by atomic mass is 16.6. The van der Waals surface area contributed by atoms with Crippen LogP contribution in [-0.2, 0) is 0 Å². The van der Waals surface area contributed by atoms with Crippen LogP contribution in [0.2, 0.25) is 0 Å². The van der Waals surface area contributed by atoms with Crippen molar-refractivity contribution < 1.29 is 9.72 Å². The van der Waals surface area contributed by atoms with E-state index in [4.69, 9.17) is 0 Å². The first-order valence-corrected chi connectivity index (χ1v) is 6.85. The zero-order valence-corrected chi connectivity index (χ0v) is 11.6. The summed E-state index contributed by atoms with van der Waals surface area (Å²) in [5.41, 5.74) is 4.42. The van der Waals surface area contributed by atoms with Crippen molar-refractivity contribution in [2.75, 3.05) is 0 Å². The monoisotopic (exact) mass is 285 g/mol. The fourth-order valence-corrected chi connectivity index (χ4v) is 2.85. The van der Waals surface area contributed by atoms with E-state index in [1.807, 2.05) is 0 Å². The average Bonchev–Trinajstić information content (AvgIpc) is 2.79. The molecule has 1 aromatic carbocycles. The zero-order chi connectivity index (χ0) is 15.0. The minimum atomic E-state index is -0.459. The molecule has 0 saturated heterocycles. The van der Waals surface area contributed by atoms with Crippen molar-refractivity contribution in [2.24, 2.45) is 16.9 Å². The molecule has 0 unspecified atom stereocenters. The Hall–Kier alpha value is -2.50. The van der Waals surface area contributed by atoms with Crippen LogP contribution in [0.4, 0.5) is 5.69 Å². The molecule has 2 aliphatic rings. The number of benzene rings is 1. The second kappa shape index (κ2) is 5.12. The summed E-state index contributed by atoms with van der Waals surface area (Å²) in [4.78, 5) is 22.3. The summed E-state index contributed by atoms with van der Waals surface area (Å²) in [6, 6.07) is 4.30. The smallest absolute Gasteiger partial charge is 0.267 e. The first-order chi connectivity index (χ1) is 10.1. The molecule has 0 aromatic heterocycles. The summed E-state index contributed by atoms with van der Waals surface area (Å²) in [6.45, 7) is 1.61. The van der Waals surface area contributed by atoms with Crippen molar-refractivity contribution in [1.82, 2.24) is 5.43 Å². The Morgan fingerprint density at radius 3 is 2.95 bits per heavy atom. The van der Waals surface area contributed by atoms with Crippen molar-refractivity contribution in [3.63, 3.8) is 0 Å². The molecule has 2 atom stereocenters. The summed E-state index contributed by atoms with van der Waals surface area (Å²) in [7, 11) is 0. The zero-order valence-electron chi connectivity index (χ0n) is 11.6. The first-order valence-electron chi connectivity index (χ1n) is 6.85. The Morgan fingerprint density at radius 1 is 1.48 bits per heavy atom. The summed E-state index contributed by atoms with van der Waals surface area (Å²) in [6.07, 6.45) is 6.25. The van der Waals surface area contributed by atoms with Crippen LogP contribution >= 0.6 is 0 Å². The van der Waals surface area contributed by atoms with Crippen LogP contribution in [-0.4, -0.2) is 16.5 Å². The fraction of sp³-hybridized carbons (Fsp3) is 0.333. The highest BCUT2D eigenvalue weighted by molar-refractivity contribution is 5.98. The molecule has 1 aromatic rings. The highest BCUT2D eigenvalue weighted by Crippen LogP contribution is 2.40. The number of allylic oxidation sites excluding steroid dienone is 2. The minimum absolute atomic E-state index is 0.0109. The van der Waals surface area contributed by atoms with E-state index >= 15 is 0 Å². The van der Waals surface area contributed by atoms with E-state index in [9.17, 15) is 14.9 Å². The standard InChI is InChI=1S/C15H15N3O3/c1-9-7-11(5-6-14(9)18(20)21)15(19)17-16-13-8-10-3-2-4-12(10)13/h2-3,5-7,10,12H,4,8H2,1H3,(H,17,19)/b16-13+/t10-,12+/m1/s1. The van der Waals surface area contributed by atoms with Crippen LogP contribution in [0, 0.1) is 28.9 Å². The molecule has 1 N–H and O–H groups in total. The summed E-state index contributed by atoms with van der Waals surface area (Å²) >= 11 is 0. The number of hydrogen-bond donors (Lipinski definition) is 1. The lowest BCUT2D eigenvalue weighted by molar-refractivity contribution is -0.385. The largest absolute Gasteiger partial charge is 0.272 e. The predicted octanol–water partition coefficient (Wildman–Crippen LogP) is 2.59. The van der Waals surface area contributed by atoms with E-state index in [1.54, 1.807) is 6.92 Å². The Kier molecular flexibility index (Phi) is 3.29. The van der Waals surface area contributed by atoms with Gasteiger partial charge in [-0.1, -0.05) is 12.2 Å². The molecule has 1 saturated carbocycles. The minimum Gasteiger partial charge on any atom is -0.267 e. The van der Waals surface area contributed by atoms with Crippen LogP contribution < -0.4 is 5.43 Å². The van der Waals surface area contributed by atoms with E-state index in [0.717, 1.165) is 18.6 Å². The Labute approximate surface area is 121 Å². The van der Waals surface area contributed by atoms with Crippen molar-refractivity contribution in [3.05, 3.63) is 51.6 Å². The molecule has 0 heterocycles. The molecule has 6 nitrogen and oxygen atoms in total. The van der Waals surface area contributed by atoms with Gasteiger partial charge in [-0.3, -0.25) is 14.9 Å². The Bertz CT molecular complexity index is 679. The highest BCUT2D eigenvalue weighted by Gasteiger charge is 2.38. The van der Waals surface area contributed by atoms with Crippen molar-refractivity contribution in [1.29, 1.82) is 0 Å². The maximum Gasteiger partial charge on any atom is 0.272 e. The van der Waals surface area contributed by atoms with Gasteiger partial charge in [0.25, 0.3) is 11.6 Å². The quantitative estimate of drug-likeness (QED) is 0.526. The SMILES string of the molecule is Cc1cc(C(=O)N/N=C2\C[C@H]3C=CC[C@H]23)ccc1[N+](=O)[O-]. The molecule has 0 aliphatic heterocycles.